The molecule has 0 saturated carbocycles. The monoisotopic (exact) mass is 205 g/mol. The van der Waals surface area contributed by atoms with Crippen molar-refractivity contribution < 1.29 is 5.11 Å². The van der Waals surface area contributed by atoms with Crippen molar-refractivity contribution in [1.29, 1.82) is 0 Å². The number of aliphatic hydroxyl groups is 1. The standard InChI is InChI=1S/C13H19NO/c1-11-8-14(9-11)13(2,10-15)12-6-4-3-5-7-12/h3-7,11,15H,8-10H2,1-2H3. The molecule has 1 N–H and O–H groups in total. The van der Waals surface area contributed by atoms with Crippen LogP contribution in [0.25, 0.3) is 0 Å². The van der Waals surface area contributed by atoms with E-state index in [0.717, 1.165) is 19.0 Å². The van der Waals surface area contributed by atoms with Crippen LogP contribution in [0.1, 0.15) is 19.4 Å². The normalized spacial score (nSPS) is 22.1. The molecular formula is C13H19NO. The fraction of sp³-hybridized carbons (Fsp3) is 0.538. The van der Waals surface area contributed by atoms with Crippen LogP contribution in [-0.4, -0.2) is 29.7 Å². The molecule has 1 aromatic carbocycles. The lowest BCUT2D eigenvalue weighted by Crippen LogP contribution is -2.57. The van der Waals surface area contributed by atoms with Crippen molar-refractivity contribution in [3.8, 4) is 0 Å². The molecule has 0 bridgehead atoms. The van der Waals surface area contributed by atoms with Gasteiger partial charge in [0, 0.05) is 13.1 Å². The van der Waals surface area contributed by atoms with Gasteiger partial charge in [-0.25, -0.2) is 0 Å². The molecule has 1 aliphatic heterocycles. The second-order valence-corrected chi connectivity index (χ2v) is 4.81. The Morgan fingerprint density at radius 1 is 1.33 bits per heavy atom. The van der Waals surface area contributed by atoms with E-state index in [9.17, 15) is 5.11 Å². The predicted molar refractivity (Wildman–Crippen MR) is 61.6 cm³/mol. The molecule has 2 nitrogen and oxygen atoms in total. The number of likely N-dealkylation sites (tertiary alicyclic amines) is 1. The molecule has 0 amide bonds. The molecule has 15 heavy (non-hydrogen) atoms. The molecule has 0 spiro atoms. The van der Waals surface area contributed by atoms with Gasteiger partial charge in [-0.2, -0.15) is 0 Å². The lowest BCUT2D eigenvalue weighted by atomic mass is 9.85. The summed E-state index contributed by atoms with van der Waals surface area (Å²) in [6.07, 6.45) is 0. The van der Waals surface area contributed by atoms with Gasteiger partial charge in [-0.1, -0.05) is 37.3 Å². The summed E-state index contributed by atoms with van der Waals surface area (Å²) < 4.78 is 0. The average Bonchev–Trinajstić information content (AvgIpc) is 2.25. The van der Waals surface area contributed by atoms with Gasteiger partial charge in [0.15, 0.2) is 0 Å². The predicted octanol–water partition coefficient (Wildman–Crippen LogP) is 1.85. The summed E-state index contributed by atoms with van der Waals surface area (Å²) in [6, 6.07) is 10.3. The molecule has 2 heteroatoms. The SMILES string of the molecule is CC1CN(C(C)(CO)c2ccccc2)C1. The Kier molecular flexibility index (Phi) is 2.81. The van der Waals surface area contributed by atoms with Crippen molar-refractivity contribution >= 4 is 0 Å². The van der Waals surface area contributed by atoms with Crippen LogP contribution in [0.5, 0.6) is 0 Å². The number of nitrogens with zero attached hydrogens (tertiary/aromatic N) is 1. The van der Waals surface area contributed by atoms with Crippen LogP contribution in [-0.2, 0) is 5.54 Å². The molecule has 0 aliphatic carbocycles. The quantitative estimate of drug-likeness (QED) is 0.814. The summed E-state index contributed by atoms with van der Waals surface area (Å²) in [5.41, 5.74) is 1.01. The molecular weight excluding hydrogens is 186 g/mol. The first kappa shape index (κ1) is 10.7. The van der Waals surface area contributed by atoms with Gasteiger partial charge >= 0.3 is 0 Å². The van der Waals surface area contributed by atoms with E-state index in [-0.39, 0.29) is 12.1 Å². The minimum absolute atomic E-state index is 0.184. The topological polar surface area (TPSA) is 23.5 Å². The Morgan fingerprint density at radius 3 is 2.40 bits per heavy atom. The van der Waals surface area contributed by atoms with E-state index in [1.54, 1.807) is 0 Å². The summed E-state index contributed by atoms with van der Waals surface area (Å²) >= 11 is 0. The highest BCUT2D eigenvalue weighted by atomic mass is 16.3. The van der Waals surface area contributed by atoms with Crippen molar-refractivity contribution in [3.63, 3.8) is 0 Å². The Morgan fingerprint density at radius 2 is 1.93 bits per heavy atom. The highest BCUT2D eigenvalue weighted by molar-refractivity contribution is 5.24. The zero-order valence-corrected chi connectivity index (χ0v) is 9.48. The van der Waals surface area contributed by atoms with E-state index in [4.69, 9.17) is 0 Å². The van der Waals surface area contributed by atoms with Gasteiger partial charge in [-0.15, -0.1) is 0 Å². The maximum Gasteiger partial charge on any atom is 0.0665 e. The highest BCUT2D eigenvalue weighted by Crippen LogP contribution is 2.33. The summed E-state index contributed by atoms with van der Waals surface area (Å²) in [5.74, 6) is 0.764. The zero-order valence-electron chi connectivity index (χ0n) is 9.48. The van der Waals surface area contributed by atoms with E-state index in [0.29, 0.717) is 0 Å². The average molecular weight is 205 g/mol. The second kappa shape index (κ2) is 3.95. The Labute approximate surface area is 91.5 Å². The molecule has 1 aromatic rings. The molecule has 1 heterocycles. The first-order valence-corrected chi connectivity index (χ1v) is 5.58. The lowest BCUT2D eigenvalue weighted by Gasteiger charge is -2.49. The summed E-state index contributed by atoms with van der Waals surface area (Å²) in [7, 11) is 0. The fourth-order valence-corrected chi connectivity index (χ4v) is 2.27. The number of benzene rings is 1. The van der Waals surface area contributed by atoms with E-state index in [1.165, 1.54) is 5.56 Å². The zero-order chi connectivity index (χ0) is 10.9. The molecule has 1 fully saturated rings. The van der Waals surface area contributed by atoms with Crippen LogP contribution in [0.15, 0.2) is 30.3 Å². The molecule has 0 radical (unpaired) electrons. The Bertz CT molecular complexity index is 319. The van der Waals surface area contributed by atoms with Gasteiger partial charge < -0.3 is 5.11 Å². The van der Waals surface area contributed by atoms with Crippen molar-refractivity contribution in [3.05, 3.63) is 35.9 Å². The third kappa shape index (κ3) is 1.80. The second-order valence-electron chi connectivity index (χ2n) is 4.81. The van der Waals surface area contributed by atoms with Crippen molar-refractivity contribution in [2.75, 3.05) is 19.7 Å². The van der Waals surface area contributed by atoms with Crippen molar-refractivity contribution in [1.82, 2.24) is 4.90 Å². The smallest absolute Gasteiger partial charge is 0.0665 e. The number of aliphatic hydroxyl groups excluding tert-OH is 1. The van der Waals surface area contributed by atoms with Crippen molar-refractivity contribution in [2.24, 2.45) is 5.92 Å². The minimum atomic E-state index is -0.201. The summed E-state index contributed by atoms with van der Waals surface area (Å²) in [6.45, 7) is 6.73. The van der Waals surface area contributed by atoms with Crippen LogP contribution >= 0.6 is 0 Å². The summed E-state index contributed by atoms with van der Waals surface area (Å²) in [5, 5.41) is 9.62. The van der Waals surface area contributed by atoms with E-state index < -0.39 is 0 Å². The largest absolute Gasteiger partial charge is 0.394 e. The molecule has 0 aromatic heterocycles. The Balaban J connectivity index is 2.22. The van der Waals surface area contributed by atoms with Gasteiger partial charge in [0.2, 0.25) is 0 Å². The third-order valence-corrected chi connectivity index (χ3v) is 3.47. The van der Waals surface area contributed by atoms with Gasteiger partial charge in [0.1, 0.15) is 0 Å². The van der Waals surface area contributed by atoms with Crippen molar-refractivity contribution in [2.45, 2.75) is 19.4 Å². The van der Waals surface area contributed by atoms with Crippen LogP contribution < -0.4 is 0 Å². The van der Waals surface area contributed by atoms with Crippen LogP contribution in [0.4, 0.5) is 0 Å². The van der Waals surface area contributed by atoms with Crippen LogP contribution in [0, 0.1) is 5.92 Å². The Hall–Kier alpha value is -0.860. The van der Waals surface area contributed by atoms with Crippen LogP contribution in [0.2, 0.25) is 0 Å². The van der Waals surface area contributed by atoms with Gasteiger partial charge in [0.05, 0.1) is 12.1 Å². The first-order chi connectivity index (χ1) is 7.16. The molecule has 1 aliphatic rings. The fourth-order valence-electron chi connectivity index (χ4n) is 2.27. The number of hydrogen-bond acceptors (Lipinski definition) is 2. The number of hydrogen-bond donors (Lipinski definition) is 1. The maximum atomic E-state index is 9.62. The highest BCUT2D eigenvalue weighted by Gasteiger charge is 2.39. The van der Waals surface area contributed by atoms with Gasteiger partial charge in [-0.05, 0) is 18.4 Å². The van der Waals surface area contributed by atoms with E-state index in [2.05, 4.69) is 30.9 Å². The third-order valence-electron chi connectivity index (χ3n) is 3.47. The molecule has 1 atom stereocenters. The first-order valence-electron chi connectivity index (χ1n) is 5.58. The molecule has 1 saturated heterocycles. The van der Waals surface area contributed by atoms with E-state index >= 15 is 0 Å². The lowest BCUT2D eigenvalue weighted by molar-refractivity contribution is -0.0348. The van der Waals surface area contributed by atoms with E-state index in [1.807, 2.05) is 18.2 Å². The van der Waals surface area contributed by atoms with Gasteiger partial charge in [-0.3, -0.25) is 4.90 Å². The maximum absolute atomic E-state index is 9.62. The molecule has 2 rings (SSSR count). The number of rotatable bonds is 3. The minimum Gasteiger partial charge on any atom is -0.394 e. The summed E-state index contributed by atoms with van der Waals surface area (Å²) in [4.78, 5) is 2.35. The van der Waals surface area contributed by atoms with Gasteiger partial charge in [0.25, 0.3) is 0 Å². The molecule has 1 unspecified atom stereocenters. The molecule has 82 valence electrons. The van der Waals surface area contributed by atoms with Crippen LogP contribution in [0.3, 0.4) is 0 Å².